The summed E-state index contributed by atoms with van der Waals surface area (Å²) in [6, 6.07) is 3.72. The van der Waals surface area contributed by atoms with Gasteiger partial charge in [-0.2, -0.15) is 0 Å². The molecule has 0 aliphatic carbocycles. The van der Waals surface area contributed by atoms with Crippen LogP contribution < -0.4 is 9.47 Å². The molecule has 0 aliphatic rings. The highest BCUT2D eigenvalue weighted by atomic mass is 79.9. The van der Waals surface area contributed by atoms with Crippen molar-refractivity contribution in [2.24, 2.45) is 5.92 Å². The van der Waals surface area contributed by atoms with E-state index in [2.05, 4.69) is 35.7 Å². The molecule has 1 atom stereocenters. The number of methoxy groups -OCH3 is 1. The third-order valence-electron chi connectivity index (χ3n) is 3.43. The van der Waals surface area contributed by atoms with Crippen molar-refractivity contribution in [1.29, 1.82) is 0 Å². The van der Waals surface area contributed by atoms with E-state index in [-0.39, 0.29) is 0 Å². The van der Waals surface area contributed by atoms with E-state index in [0.29, 0.717) is 12.5 Å². The van der Waals surface area contributed by atoms with Crippen molar-refractivity contribution in [2.45, 2.75) is 39.5 Å². The molecule has 1 unspecified atom stereocenters. The third-order valence-corrected chi connectivity index (χ3v) is 4.05. The summed E-state index contributed by atoms with van der Waals surface area (Å²) in [6.07, 6.45) is 10.3. The number of hydrogen-bond acceptors (Lipinski definition) is 2. The predicted octanol–water partition coefficient (Wildman–Crippen LogP) is 5.03. The smallest absolute Gasteiger partial charge is 0.136 e. The van der Waals surface area contributed by atoms with Crippen LogP contribution in [0.1, 0.15) is 45.1 Å². The fourth-order valence-corrected chi connectivity index (χ4v) is 2.51. The summed E-state index contributed by atoms with van der Waals surface area (Å²) < 4.78 is 12.0. The van der Waals surface area contributed by atoms with Gasteiger partial charge in [0.15, 0.2) is 0 Å². The SMILES string of the molecule is C#Cc1cc(OC)c(Br)cc1OCC(CC)CCCC. The first kappa shape index (κ1) is 16.9. The molecule has 0 aliphatic heterocycles. The summed E-state index contributed by atoms with van der Waals surface area (Å²) in [5.41, 5.74) is 0.732. The van der Waals surface area contributed by atoms with Crippen molar-refractivity contribution in [1.82, 2.24) is 0 Å². The Morgan fingerprint density at radius 3 is 2.60 bits per heavy atom. The molecule has 0 radical (unpaired) electrons. The molecule has 0 bridgehead atoms. The van der Waals surface area contributed by atoms with E-state index in [4.69, 9.17) is 15.9 Å². The Labute approximate surface area is 131 Å². The molecule has 0 N–H and O–H groups in total. The second-order valence-corrected chi connectivity index (χ2v) is 5.71. The Morgan fingerprint density at radius 1 is 1.30 bits per heavy atom. The summed E-state index contributed by atoms with van der Waals surface area (Å²) >= 11 is 3.46. The quantitative estimate of drug-likeness (QED) is 0.618. The molecule has 0 heterocycles. The highest BCUT2D eigenvalue weighted by Gasteiger charge is 2.11. The zero-order valence-electron chi connectivity index (χ0n) is 12.5. The lowest BCUT2D eigenvalue weighted by atomic mass is 10.0. The minimum absolute atomic E-state index is 0.585. The average Bonchev–Trinajstić information content (AvgIpc) is 2.47. The number of hydrogen-bond donors (Lipinski definition) is 0. The lowest BCUT2D eigenvalue weighted by Crippen LogP contribution is -2.12. The van der Waals surface area contributed by atoms with Crippen LogP contribution >= 0.6 is 15.9 Å². The molecular weight excluding hydrogens is 316 g/mol. The van der Waals surface area contributed by atoms with Crippen molar-refractivity contribution in [2.75, 3.05) is 13.7 Å². The van der Waals surface area contributed by atoms with Crippen LogP contribution in [-0.2, 0) is 0 Å². The third kappa shape index (κ3) is 4.76. The topological polar surface area (TPSA) is 18.5 Å². The molecule has 1 aromatic rings. The summed E-state index contributed by atoms with van der Waals surface area (Å²) in [7, 11) is 1.62. The second-order valence-electron chi connectivity index (χ2n) is 4.85. The van der Waals surface area contributed by atoms with Crippen LogP contribution in [-0.4, -0.2) is 13.7 Å². The molecule has 110 valence electrons. The van der Waals surface area contributed by atoms with Crippen LogP contribution in [0.25, 0.3) is 0 Å². The molecule has 3 heteroatoms. The van der Waals surface area contributed by atoms with Crippen LogP contribution in [0.3, 0.4) is 0 Å². The van der Waals surface area contributed by atoms with Crippen molar-refractivity contribution in [3.05, 3.63) is 22.2 Å². The first-order valence-corrected chi connectivity index (χ1v) is 7.92. The molecule has 0 spiro atoms. The Morgan fingerprint density at radius 2 is 2.05 bits per heavy atom. The van der Waals surface area contributed by atoms with Crippen molar-refractivity contribution in [3.63, 3.8) is 0 Å². The molecule has 20 heavy (non-hydrogen) atoms. The van der Waals surface area contributed by atoms with Crippen LogP contribution in [0.2, 0.25) is 0 Å². The average molecular weight is 339 g/mol. The van der Waals surface area contributed by atoms with E-state index in [9.17, 15) is 0 Å². The number of unbranched alkanes of at least 4 members (excludes halogenated alkanes) is 1. The maximum Gasteiger partial charge on any atom is 0.136 e. The molecule has 0 aromatic heterocycles. The Hall–Kier alpha value is -1.14. The first-order chi connectivity index (χ1) is 9.65. The fourth-order valence-electron chi connectivity index (χ4n) is 2.03. The number of benzene rings is 1. The van der Waals surface area contributed by atoms with Crippen LogP contribution in [0, 0.1) is 18.3 Å². The van der Waals surface area contributed by atoms with Gasteiger partial charge in [-0.25, -0.2) is 0 Å². The summed E-state index contributed by atoms with van der Waals surface area (Å²) in [5.74, 6) is 4.71. The highest BCUT2D eigenvalue weighted by molar-refractivity contribution is 9.10. The van der Waals surface area contributed by atoms with E-state index < -0.39 is 0 Å². The number of ether oxygens (including phenoxy) is 2. The van der Waals surface area contributed by atoms with E-state index in [0.717, 1.165) is 28.0 Å². The number of terminal acetylenes is 1. The van der Waals surface area contributed by atoms with Gasteiger partial charge in [0.2, 0.25) is 0 Å². The molecule has 0 fully saturated rings. The molecule has 0 saturated carbocycles. The normalized spacial score (nSPS) is 11.8. The summed E-state index contributed by atoms with van der Waals surface area (Å²) in [4.78, 5) is 0. The Balaban J connectivity index is 2.76. The Kier molecular flexibility index (Phi) is 7.54. The van der Waals surface area contributed by atoms with Gasteiger partial charge in [-0.1, -0.05) is 39.0 Å². The van der Waals surface area contributed by atoms with Crippen molar-refractivity contribution >= 4 is 15.9 Å². The van der Waals surface area contributed by atoms with Gasteiger partial charge in [0.1, 0.15) is 11.5 Å². The molecule has 0 saturated heterocycles. The minimum Gasteiger partial charge on any atom is -0.496 e. The lowest BCUT2D eigenvalue weighted by molar-refractivity contribution is 0.232. The van der Waals surface area contributed by atoms with Gasteiger partial charge >= 0.3 is 0 Å². The molecule has 2 nitrogen and oxygen atoms in total. The molecular formula is C17H23BrO2. The Bertz CT molecular complexity index is 463. The maximum absolute atomic E-state index is 5.93. The van der Waals surface area contributed by atoms with Gasteiger partial charge < -0.3 is 9.47 Å². The van der Waals surface area contributed by atoms with Crippen LogP contribution in [0.5, 0.6) is 11.5 Å². The second kappa shape index (κ2) is 8.92. The van der Waals surface area contributed by atoms with Crippen molar-refractivity contribution < 1.29 is 9.47 Å². The lowest BCUT2D eigenvalue weighted by Gasteiger charge is -2.17. The first-order valence-electron chi connectivity index (χ1n) is 7.13. The van der Waals surface area contributed by atoms with E-state index in [1.165, 1.54) is 19.3 Å². The van der Waals surface area contributed by atoms with Gasteiger partial charge in [0.25, 0.3) is 0 Å². The highest BCUT2D eigenvalue weighted by Crippen LogP contribution is 2.32. The zero-order valence-corrected chi connectivity index (χ0v) is 14.1. The van der Waals surface area contributed by atoms with Gasteiger partial charge in [-0.05, 0) is 34.3 Å². The van der Waals surface area contributed by atoms with Gasteiger partial charge in [0, 0.05) is 6.07 Å². The molecule has 1 rings (SSSR count). The largest absolute Gasteiger partial charge is 0.496 e. The summed E-state index contributed by atoms with van der Waals surface area (Å²) in [5, 5.41) is 0. The number of halogens is 1. The summed E-state index contributed by atoms with van der Waals surface area (Å²) in [6.45, 7) is 5.13. The maximum atomic E-state index is 5.93. The molecule has 0 amide bonds. The number of rotatable bonds is 8. The standard InChI is InChI=1S/C17H23BrO2/c1-5-8-9-13(6-2)12-20-16-11-15(18)17(19-4)10-14(16)7-3/h3,10-11,13H,5-6,8-9,12H2,1-2,4H3. The molecule has 1 aromatic carbocycles. The fraction of sp³-hybridized carbons (Fsp3) is 0.529. The van der Waals surface area contributed by atoms with Crippen molar-refractivity contribution in [3.8, 4) is 23.8 Å². The van der Waals surface area contributed by atoms with Gasteiger partial charge in [-0.3, -0.25) is 0 Å². The van der Waals surface area contributed by atoms with E-state index in [1.54, 1.807) is 7.11 Å². The van der Waals surface area contributed by atoms with E-state index >= 15 is 0 Å². The van der Waals surface area contributed by atoms with Gasteiger partial charge in [-0.15, -0.1) is 6.42 Å². The van der Waals surface area contributed by atoms with Crippen LogP contribution in [0.4, 0.5) is 0 Å². The predicted molar refractivity (Wildman–Crippen MR) is 87.4 cm³/mol. The monoisotopic (exact) mass is 338 g/mol. The van der Waals surface area contributed by atoms with Gasteiger partial charge in [0.05, 0.1) is 23.8 Å². The van der Waals surface area contributed by atoms with E-state index in [1.807, 2.05) is 12.1 Å². The minimum atomic E-state index is 0.585. The van der Waals surface area contributed by atoms with Crippen LogP contribution in [0.15, 0.2) is 16.6 Å². The zero-order chi connectivity index (χ0) is 15.0.